The molecule has 0 amide bonds. The summed E-state index contributed by atoms with van der Waals surface area (Å²) < 4.78 is 8.91. The highest BCUT2D eigenvalue weighted by atomic mass is 16.5. The molecule has 0 bridgehead atoms. The van der Waals surface area contributed by atoms with Crippen LogP contribution >= 0.6 is 0 Å². The largest absolute Gasteiger partial charge is 0.453 e. The lowest BCUT2D eigenvalue weighted by Gasteiger charge is -2.08. The van der Waals surface area contributed by atoms with E-state index in [0.717, 1.165) is 12.8 Å². The number of carbonyl (C=O) groups excluding carboxylic acids is 1. The molecule has 0 saturated heterocycles. The van der Waals surface area contributed by atoms with E-state index in [2.05, 4.69) is 10.1 Å². The van der Waals surface area contributed by atoms with Crippen LogP contribution in [0.4, 0.5) is 5.69 Å². The maximum atomic E-state index is 12.1. The van der Waals surface area contributed by atoms with Crippen molar-refractivity contribution in [3.63, 3.8) is 0 Å². The Hall–Kier alpha value is -2.31. The van der Waals surface area contributed by atoms with E-state index in [0.29, 0.717) is 29.8 Å². The standard InChI is InChI=1S/C13H17N5O2/c1-2-18-12(15-8-16-18)7-20-13(19)11-5-9(14)6-17(11)10-3-4-10/h5-6,8,10H,2-4,7,14H2,1H3. The first kappa shape index (κ1) is 12.7. The van der Waals surface area contributed by atoms with E-state index < -0.39 is 0 Å². The second-order valence-electron chi connectivity index (χ2n) is 4.87. The summed E-state index contributed by atoms with van der Waals surface area (Å²) in [7, 11) is 0. The Bertz CT molecular complexity index is 626. The average molecular weight is 275 g/mol. The van der Waals surface area contributed by atoms with Crippen LogP contribution < -0.4 is 5.73 Å². The van der Waals surface area contributed by atoms with Crippen molar-refractivity contribution in [3.05, 3.63) is 30.1 Å². The van der Waals surface area contributed by atoms with Crippen LogP contribution in [-0.2, 0) is 17.9 Å². The van der Waals surface area contributed by atoms with Gasteiger partial charge < -0.3 is 15.0 Å². The number of nitrogen functional groups attached to an aromatic ring is 1. The summed E-state index contributed by atoms with van der Waals surface area (Å²) in [6, 6.07) is 2.04. The van der Waals surface area contributed by atoms with Crippen molar-refractivity contribution in [2.24, 2.45) is 0 Å². The highest BCUT2D eigenvalue weighted by Crippen LogP contribution is 2.37. The molecule has 0 unspecified atom stereocenters. The summed E-state index contributed by atoms with van der Waals surface area (Å²) in [4.78, 5) is 16.2. The molecule has 0 atom stereocenters. The topological polar surface area (TPSA) is 88.0 Å². The molecule has 7 heteroatoms. The first-order valence-electron chi connectivity index (χ1n) is 6.70. The summed E-state index contributed by atoms with van der Waals surface area (Å²) in [6.45, 7) is 2.76. The van der Waals surface area contributed by atoms with Crippen molar-refractivity contribution in [2.45, 2.75) is 39.0 Å². The van der Waals surface area contributed by atoms with Crippen molar-refractivity contribution in [1.29, 1.82) is 0 Å². The fraction of sp³-hybridized carbons (Fsp3) is 0.462. The molecule has 2 N–H and O–H groups in total. The lowest BCUT2D eigenvalue weighted by Crippen LogP contribution is -2.13. The van der Waals surface area contributed by atoms with Crippen LogP contribution in [0.3, 0.4) is 0 Å². The van der Waals surface area contributed by atoms with Gasteiger partial charge in [0.2, 0.25) is 0 Å². The van der Waals surface area contributed by atoms with E-state index in [1.807, 2.05) is 11.5 Å². The minimum atomic E-state index is -0.376. The molecule has 0 spiro atoms. The van der Waals surface area contributed by atoms with Crippen molar-refractivity contribution >= 4 is 11.7 Å². The number of hydrogen-bond acceptors (Lipinski definition) is 5. The maximum absolute atomic E-state index is 12.1. The van der Waals surface area contributed by atoms with E-state index in [4.69, 9.17) is 10.5 Å². The average Bonchev–Trinajstić information content (AvgIpc) is 3.06. The van der Waals surface area contributed by atoms with Crippen LogP contribution in [0.25, 0.3) is 0 Å². The van der Waals surface area contributed by atoms with E-state index in [1.165, 1.54) is 6.33 Å². The van der Waals surface area contributed by atoms with Crippen LogP contribution in [-0.4, -0.2) is 25.3 Å². The molecule has 2 aromatic heterocycles. The molecule has 2 aromatic rings. The monoisotopic (exact) mass is 275 g/mol. The van der Waals surface area contributed by atoms with Gasteiger partial charge in [-0.05, 0) is 25.8 Å². The number of esters is 1. The van der Waals surface area contributed by atoms with E-state index in [9.17, 15) is 4.79 Å². The maximum Gasteiger partial charge on any atom is 0.355 e. The molecular weight excluding hydrogens is 258 g/mol. The van der Waals surface area contributed by atoms with Crippen LogP contribution in [0.15, 0.2) is 18.6 Å². The van der Waals surface area contributed by atoms with E-state index in [-0.39, 0.29) is 12.6 Å². The van der Waals surface area contributed by atoms with Gasteiger partial charge in [0.1, 0.15) is 12.0 Å². The van der Waals surface area contributed by atoms with Crippen molar-refractivity contribution in [3.8, 4) is 0 Å². The van der Waals surface area contributed by atoms with Crippen LogP contribution in [0.2, 0.25) is 0 Å². The number of anilines is 1. The highest BCUT2D eigenvalue weighted by Gasteiger charge is 2.28. The van der Waals surface area contributed by atoms with Gasteiger partial charge in [0.15, 0.2) is 12.4 Å². The molecule has 0 radical (unpaired) electrons. The Morgan fingerprint density at radius 2 is 2.35 bits per heavy atom. The zero-order valence-corrected chi connectivity index (χ0v) is 11.3. The van der Waals surface area contributed by atoms with Crippen molar-refractivity contribution in [2.75, 3.05) is 5.73 Å². The Morgan fingerprint density at radius 3 is 3.05 bits per heavy atom. The molecule has 20 heavy (non-hydrogen) atoms. The van der Waals surface area contributed by atoms with Gasteiger partial charge in [-0.15, -0.1) is 0 Å². The number of rotatable bonds is 5. The number of carbonyl (C=O) groups is 1. The van der Waals surface area contributed by atoms with Crippen LogP contribution in [0.1, 0.15) is 42.1 Å². The second-order valence-corrected chi connectivity index (χ2v) is 4.87. The Labute approximate surface area is 116 Å². The van der Waals surface area contributed by atoms with Crippen LogP contribution in [0.5, 0.6) is 0 Å². The molecule has 106 valence electrons. The minimum absolute atomic E-state index is 0.114. The van der Waals surface area contributed by atoms with Gasteiger partial charge in [-0.2, -0.15) is 5.10 Å². The Balaban J connectivity index is 1.70. The van der Waals surface area contributed by atoms with Gasteiger partial charge in [-0.25, -0.2) is 14.5 Å². The summed E-state index contributed by atoms with van der Waals surface area (Å²) in [5.74, 6) is 0.262. The molecule has 1 fully saturated rings. The number of aromatic nitrogens is 4. The van der Waals surface area contributed by atoms with Gasteiger partial charge in [0.25, 0.3) is 0 Å². The molecule has 7 nitrogen and oxygen atoms in total. The quantitative estimate of drug-likeness (QED) is 0.833. The van der Waals surface area contributed by atoms with Crippen LogP contribution in [0, 0.1) is 0 Å². The Morgan fingerprint density at radius 1 is 1.55 bits per heavy atom. The van der Waals surface area contributed by atoms with E-state index >= 15 is 0 Å². The van der Waals surface area contributed by atoms with Gasteiger partial charge in [-0.1, -0.05) is 0 Å². The summed E-state index contributed by atoms with van der Waals surface area (Å²) >= 11 is 0. The molecule has 2 heterocycles. The number of nitrogens with zero attached hydrogens (tertiary/aromatic N) is 4. The normalized spacial score (nSPS) is 14.4. The number of hydrogen-bond donors (Lipinski definition) is 1. The zero-order chi connectivity index (χ0) is 14.1. The second kappa shape index (κ2) is 4.99. The molecule has 1 aliphatic rings. The first-order chi connectivity index (χ1) is 9.69. The highest BCUT2D eigenvalue weighted by molar-refractivity contribution is 5.89. The Kier molecular flexibility index (Phi) is 3.17. The summed E-state index contributed by atoms with van der Waals surface area (Å²) in [5, 5.41) is 4.03. The molecule has 3 rings (SSSR count). The predicted octanol–water partition coefficient (Wildman–Crippen LogP) is 1.37. The SMILES string of the molecule is CCn1ncnc1COC(=O)c1cc(N)cn1C1CC1. The molecular formula is C13H17N5O2. The number of aryl methyl sites for hydroxylation is 1. The predicted molar refractivity (Wildman–Crippen MR) is 71.9 cm³/mol. The van der Waals surface area contributed by atoms with Crippen molar-refractivity contribution < 1.29 is 9.53 Å². The summed E-state index contributed by atoms with van der Waals surface area (Å²) in [6.07, 6.45) is 5.41. The molecule has 1 saturated carbocycles. The van der Waals surface area contributed by atoms with Gasteiger partial charge in [0, 0.05) is 18.8 Å². The smallest absolute Gasteiger partial charge is 0.355 e. The third-order valence-corrected chi connectivity index (χ3v) is 3.35. The lowest BCUT2D eigenvalue weighted by atomic mass is 10.4. The molecule has 0 aliphatic heterocycles. The third kappa shape index (κ3) is 2.38. The third-order valence-electron chi connectivity index (χ3n) is 3.35. The molecule has 1 aliphatic carbocycles. The van der Waals surface area contributed by atoms with Gasteiger partial charge in [0.05, 0.1) is 5.69 Å². The zero-order valence-electron chi connectivity index (χ0n) is 11.3. The van der Waals surface area contributed by atoms with Gasteiger partial charge in [-0.3, -0.25) is 0 Å². The first-order valence-corrected chi connectivity index (χ1v) is 6.70. The fourth-order valence-corrected chi connectivity index (χ4v) is 2.19. The fourth-order valence-electron chi connectivity index (χ4n) is 2.19. The lowest BCUT2D eigenvalue weighted by molar-refractivity contribution is 0.0444. The number of ether oxygens (including phenoxy) is 1. The number of nitrogens with two attached hydrogens (primary N) is 1. The van der Waals surface area contributed by atoms with E-state index in [1.54, 1.807) is 16.9 Å². The van der Waals surface area contributed by atoms with Crippen molar-refractivity contribution in [1.82, 2.24) is 19.3 Å². The molecule has 0 aromatic carbocycles. The van der Waals surface area contributed by atoms with Gasteiger partial charge >= 0.3 is 5.97 Å². The summed E-state index contributed by atoms with van der Waals surface area (Å²) in [5.41, 5.74) is 6.85. The minimum Gasteiger partial charge on any atom is -0.453 e.